The average molecular weight is 317 g/mol. The number of amides is 1. The molecule has 0 saturated carbocycles. The van der Waals surface area contributed by atoms with Crippen LogP contribution in [0.15, 0.2) is 4.47 Å². The lowest BCUT2D eigenvalue weighted by molar-refractivity contribution is 0.0938. The quantitative estimate of drug-likeness (QED) is 0.866. The molecule has 6 heteroatoms. The summed E-state index contributed by atoms with van der Waals surface area (Å²) in [7, 11) is 1.77. The van der Waals surface area contributed by atoms with E-state index in [9.17, 15) is 4.79 Å². The van der Waals surface area contributed by atoms with Gasteiger partial charge in [-0.3, -0.25) is 9.48 Å². The van der Waals surface area contributed by atoms with E-state index in [0.29, 0.717) is 12.2 Å². The van der Waals surface area contributed by atoms with E-state index in [-0.39, 0.29) is 5.91 Å². The summed E-state index contributed by atoms with van der Waals surface area (Å²) >= 11 is 3.40. The van der Waals surface area contributed by atoms with Gasteiger partial charge < -0.3 is 10.2 Å². The number of aromatic nitrogens is 2. The molecule has 1 rings (SSSR count). The van der Waals surface area contributed by atoms with Gasteiger partial charge in [0.05, 0.1) is 10.2 Å². The zero-order valence-corrected chi connectivity index (χ0v) is 13.0. The first-order valence-corrected chi connectivity index (χ1v) is 7.00. The number of aryl methyl sites for hydroxylation is 2. The summed E-state index contributed by atoms with van der Waals surface area (Å²) in [6, 6.07) is 0. The maximum atomic E-state index is 12.0. The van der Waals surface area contributed by atoms with Crippen LogP contribution in [-0.2, 0) is 7.05 Å². The topological polar surface area (TPSA) is 50.2 Å². The zero-order chi connectivity index (χ0) is 13.7. The van der Waals surface area contributed by atoms with Crippen LogP contribution in [0.1, 0.15) is 30.0 Å². The molecule has 1 heterocycles. The normalized spacial score (nSPS) is 11.0. The Morgan fingerprint density at radius 3 is 2.50 bits per heavy atom. The average Bonchev–Trinajstić information content (AvgIpc) is 2.59. The first-order valence-electron chi connectivity index (χ1n) is 6.20. The summed E-state index contributed by atoms with van der Waals surface area (Å²) in [5.41, 5.74) is 1.40. The van der Waals surface area contributed by atoms with E-state index < -0.39 is 0 Å². The van der Waals surface area contributed by atoms with Gasteiger partial charge >= 0.3 is 0 Å². The summed E-state index contributed by atoms with van der Waals surface area (Å²) in [4.78, 5) is 14.3. The Labute approximate surface area is 117 Å². The molecular weight excluding hydrogens is 296 g/mol. The fourth-order valence-electron chi connectivity index (χ4n) is 1.83. The summed E-state index contributed by atoms with van der Waals surface area (Å²) < 4.78 is 2.37. The molecule has 0 unspecified atom stereocenters. The van der Waals surface area contributed by atoms with Crippen molar-refractivity contribution in [2.45, 2.75) is 20.8 Å². The molecule has 5 nitrogen and oxygen atoms in total. The summed E-state index contributed by atoms with van der Waals surface area (Å²) in [6.45, 7) is 9.63. The first kappa shape index (κ1) is 15.2. The van der Waals surface area contributed by atoms with Crippen LogP contribution in [0, 0.1) is 6.92 Å². The molecular formula is C12H21BrN4O. The number of carbonyl (C=O) groups excluding carboxylic acids is 1. The predicted molar refractivity (Wildman–Crippen MR) is 75.8 cm³/mol. The van der Waals surface area contributed by atoms with Crippen LogP contribution in [0.4, 0.5) is 0 Å². The predicted octanol–water partition coefficient (Wildman–Crippen LogP) is 1.56. The van der Waals surface area contributed by atoms with E-state index >= 15 is 0 Å². The van der Waals surface area contributed by atoms with E-state index in [4.69, 9.17) is 0 Å². The van der Waals surface area contributed by atoms with Crippen molar-refractivity contribution in [3.05, 3.63) is 15.9 Å². The number of hydrogen-bond donors (Lipinski definition) is 1. The van der Waals surface area contributed by atoms with Crippen molar-refractivity contribution in [2.75, 3.05) is 26.2 Å². The maximum absolute atomic E-state index is 12.0. The van der Waals surface area contributed by atoms with Crippen molar-refractivity contribution in [3.63, 3.8) is 0 Å². The second kappa shape index (κ2) is 6.89. The Morgan fingerprint density at radius 2 is 2.06 bits per heavy atom. The van der Waals surface area contributed by atoms with Crippen LogP contribution in [0.5, 0.6) is 0 Å². The Kier molecular flexibility index (Phi) is 5.81. The molecule has 1 amide bonds. The van der Waals surface area contributed by atoms with Gasteiger partial charge in [-0.25, -0.2) is 0 Å². The van der Waals surface area contributed by atoms with Crippen molar-refractivity contribution in [1.82, 2.24) is 20.0 Å². The number of rotatable bonds is 6. The van der Waals surface area contributed by atoms with Gasteiger partial charge in [-0.05, 0) is 35.9 Å². The van der Waals surface area contributed by atoms with Crippen molar-refractivity contribution in [2.24, 2.45) is 7.05 Å². The molecule has 1 aromatic rings. The smallest absolute Gasteiger partial charge is 0.270 e. The van der Waals surface area contributed by atoms with Crippen molar-refractivity contribution < 1.29 is 4.79 Å². The number of nitrogens with zero attached hydrogens (tertiary/aromatic N) is 3. The van der Waals surface area contributed by atoms with Crippen LogP contribution >= 0.6 is 15.9 Å². The molecule has 102 valence electrons. The van der Waals surface area contributed by atoms with Crippen LogP contribution < -0.4 is 5.32 Å². The minimum Gasteiger partial charge on any atom is -0.349 e. The second-order valence-corrected chi connectivity index (χ2v) is 4.95. The molecule has 0 aliphatic heterocycles. The zero-order valence-electron chi connectivity index (χ0n) is 11.5. The highest BCUT2D eigenvalue weighted by atomic mass is 79.9. The molecule has 1 aromatic heterocycles. The summed E-state index contributed by atoms with van der Waals surface area (Å²) in [5.74, 6) is -0.0860. The Hall–Kier alpha value is -0.880. The van der Waals surface area contributed by atoms with Crippen LogP contribution in [0.3, 0.4) is 0 Å². The molecule has 0 aliphatic rings. The lowest BCUT2D eigenvalue weighted by Crippen LogP contribution is -2.35. The fourth-order valence-corrected chi connectivity index (χ4v) is 2.35. The third kappa shape index (κ3) is 3.55. The maximum Gasteiger partial charge on any atom is 0.270 e. The van der Waals surface area contributed by atoms with Crippen LogP contribution in [0.2, 0.25) is 0 Å². The van der Waals surface area contributed by atoms with Gasteiger partial charge in [-0.2, -0.15) is 5.10 Å². The minimum absolute atomic E-state index is 0.0860. The molecule has 0 saturated heterocycles. The number of nitrogens with one attached hydrogen (secondary N) is 1. The molecule has 0 atom stereocenters. The third-order valence-electron chi connectivity index (χ3n) is 2.97. The largest absolute Gasteiger partial charge is 0.349 e. The first-order chi connectivity index (χ1) is 8.51. The number of halogens is 1. The van der Waals surface area contributed by atoms with E-state index in [1.54, 1.807) is 11.7 Å². The molecule has 0 aliphatic carbocycles. The molecule has 0 bridgehead atoms. The molecule has 0 radical (unpaired) electrons. The van der Waals surface area contributed by atoms with Gasteiger partial charge in [0.2, 0.25) is 0 Å². The van der Waals surface area contributed by atoms with E-state index in [1.807, 2.05) is 6.92 Å². The van der Waals surface area contributed by atoms with Gasteiger partial charge in [-0.15, -0.1) is 0 Å². The Bertz CT molecular complexity index is 412. The number of carbonyl (C=O) groups is 1. The highest BCUT2D eigenvalue weighted by molar-refractivity contribution is 9.10. The van der Waals surface area contributed by atoms with Crippen LogP contribution in [0.25, 0.3) is 0 Å². The molecule has 0 spiro atoms. The van der Waals surface area contributed by atoms with Crippen molar-refractivity contribution in [3.8, 4) is 0 Å². The van der Waals surface area contributed by atoms with Gasteiger partial charge in [0, 0.05) is 20.1 Å². The summed E-state index contributed by atoms with van der Waals surface area (Å²) in [5, 5.41) is 7.13. The second-order valence-electron chi connectivity index (χ2n) is 4.15. The van der Waals surface area contributed by atoms with E-state index in [1.165, 1.54) is 0 Å². The van der Waals surface area contributed by atoms with Crippen molar-refractivity contribution in [1.29, 1.82) is 0 Å². The van der Waals surface area contributed by atoms with Gasteiger partial charge in [-0.1, -0.05) is 13.8 Å². The van der Waals surface area contributed by atoms with Gasteiger partial charge in [0.25, 0.3) is 5.91 Å². The Balaban J connectivity index is 2.56. The fraction of sp³-hybridized carbons (Fsp3) is 0.667. The van der Waals surface area contributed by atoms with E-state index in [0.717, 1.165) is 29.8 Å². The Morgan fingerprint density at radius 1 is 1.44 bits per heavy atom. The molecule has 1 N–H and O–H groups in total. The third-order valence-corrected chi connectivity index (χ3v) is 3.92. The molecule has 18 heavy (non-hydrogen) atoms. The lowest BCUT2D eigenvalue weighted by atomic mass is 10.3. The number of likely N-dealkylation sites (N-methyl/N-ethyl adjacent to an activating group) is 1. The van der Waals surface area contributed by atoms with Gasteiger partial charge in [0.1, 0.15) is 5.69 Å². The SMILES string of the molecule is CCN(CC)CCNC(=O)c1c(Br)c(C)nn1C. The highest BCUT2D eigenvalue weighted by Crippen LogP contribution is 2.19. The minimum atomic E-state index is -0.0860. The standard InChI is InChI=1S/C12H21BrN4O/c1-5-17(6-2)8-7-14-12(18)11-10(13)9(3)15-16(11)4/h5-8H2,1-4H3,(H,14,18). The molecule has 0 fully saturated rings. The number of hydrogen-bond acceptors (Lipinski definition) is 3. The lowest BCUT2D eigenvalue weighted by Gasteiger charge is -2.17. The molecule has 0 aromatic carbocycles. The van der Waals surface area contributed by atoms with Gasteiger partial charge in [0.15, 0.2) is 0 Å². The van der Waals surface area contributed by atoms with Crippen molar-refractivity contribution >= 4 is 21.8 Å². The van der Waals surface area contributed by atoms with E-state index in [2.05, 4.69) is 45.1 Å². The highest BCUT2D eigenvalue weighted by Gasteiger charge is 2.17. The monoisotopic (exact) mass is 316 g/mol. The summed E-state index contributed by atoms with van der Waals surface area (Å²) in [6.07, 6.45) is 0. The van der Waals surface area contributed by atoms with Crippen LogP contribution in [-0.4, -0.2) is 46.8 Å².